The highest BCUT2D eigenvalue weighted by Gasteiger charge is 2.16. The van der Waals surface area contributed by atoms with Gasteiger partial charge in [-0.15, -0.1) is 0 Å². The molecule has 0 aliphatic heterocycles. The molecular formula is C18H18O3. The maximum Gasteiger partial charge on any atom is 0.185 e. The zero-order valence-electron chi connectivity index (χ0n) is 12.5. The Bertz CT molecular complexity index is 687. The average Bonchev–Trinajstić information content (AvgIpc) is 2.53. The Morgan fingerprint density at radius 3 is 2.38 bits per heavy atom. The molecule has 0 aromatic heterocycles. The molecule has 0 saturated carbocycles. The third-order valence-electron chi connectivity index (χ3n) is 3.46. The van der Waals surface area contributed by atoms with Gasteiger partial charge in [0.05, 0.1) is 14.2 Å². The fourth-order valence-corrected chi connectivity index (χ4v) is 2.42. The first kappa shape index (κ1) is 14.9. The summed E-state index contributed by atoms with van der Waals surface area (Å²) >= 11 is 0. The van der Waals surface area contributed by atoms with E-state index < -0.39 is 0 Å². The molecule has 3 nitrogen and oxygen atoms in total. The van der Waals surface area contributed by atoms with Crippen LogP contribution in [-0.4, -0.2) is 20.0 Å². The van der Waals surface area contributed by atoms with Gasteiger partial charge in [0.25, 0.3) is 0 Å². The second-order valence-corrected chi connectivity index (χ2v) is 4.59. The Hall–Kier alpha value is -2.55. The number of allylic oxidation sites excluding steroid dienone is 1. The van der Waals surface area contributed by atoms with Crippen molar-refractivity contribution in [1.82, 2.24) is 0 Å². The molecule has 0 spiro atoms. The Balaban J connectivity index is 2.68. The van der Waals surface area contributed by atoms with Crippen LogP contribution in [0.1, 0.15) is 15.9 Å². The van der Waals surface area contributed by atoms with E-state index in [1.54, 1.807) is 20.3 Å². The van der Waals surface area contributed by atoms with Crippen molar-refractivity contribution in [3.63, 3.8) is 0 Å². The van der Waals surface area contributed by atoms with Gasteiger partial charge in [0.15, 0.2) is 17.3 Å². The van der Waals surface area contributed by atoms with Crippen molar-refractivity contribution < 1.29 is 14.3 Å². The lowest BCUT2D eigenvalue weighted by atomic mass is 9.93. The van der Waals surface area contributed by atoms with E-state index in [0.717, 1.165) is 16.7 Å². The van der Waals surface area contributed by atoms with Gasteiger partial charge < -0.3 is 9.47 Å². The lowest BCUT2D eigenvalue weighted by Crippen LogP contribution is -2.00. The fraction of sp³-hybridized carbons (Fsp3) is 0.167. The van der Waals surface area contributed by atoms with Gasteiger partial charge in [0.2, 0.25) is 0 Å². The van der Waals surface area contributed by atoms with Gasteiger partial charge in [0.1, 0.15) is 0 Å². The van der Waals surface area contributed by atoms with Crippen LogP contribution in [-0.2, 0) is 0 Å². The van der Waals surface area contributed by atoms with Crippen LogP contribution in [0.15, 0.2) is 49.1 Å². The van der Waals surface area contributed by atoms with Crippen molar-refractivity contribution in [3.8, 4) is 22.6 Å². The van der Waals surface area contributed by atoms with E-state index in [1.165, 1.54) is 6.08 Å². The van der Waals surface area contributed by atoms with Gasteiger partial charge in [-0.05, 0) is 30.2 Å². The van der Waals surface area contributed by atoms with E-state index in [9.17, 15) is 4.79 Å². The number of ketones is 1. The highest BCUT2D eigenvalue weighted by atomic mass is 16.5. The van der Waals surface area contributed by atoms with Crippen LogP contribution in [0.4, 0.5) is 0 Å². The molecule has 0 unspecified atom stereocenters. The largest absolute Gasteiger partial charge is 0.493 e. The van der Waals surface area contributed by atoms with E-state index in [4.69, 9.17) is 9.47 Å². The van der Waals surface area contributed by atoms with Gasteiger partial charge in [0, 0.05) is 11.1 Å². The maximum absolute atomic E-state index is 12.0. The molecule has 2 rings (SSSR count). The van der Waals surface area contributed by atoms with Crippen LogP contribution in [0.25, 0.3) is 11.1 Å². The third kappa shape index (κ3) is 2.68. The Morgan fingerprint density at radius 2 is 1.76 bits per heavy atom. The standard InChI is InChI=1S/C18H18O3/c1-5-16(19)15-9-7-6-8-14(15)13-10-11-17(20-3)18(21-4)12(13)2/h5-11H,1H2,2-4H3. The Labute approximate surface area is 124 Å². The van der Waals surface area contributed by atoms with E-state index in [2.05, 4.69) is 6.58 Å². The number of methoxy groups -OCH3 is 2. The number of carbonyl (C=O) groups is 1. The second kappa shape index (κ2) is 6.27. The summed E-state index contributed by atoms with van der Waals surface area (Å²) in [6.45, 7) is 5.51. The Morgan fingerprint density at radius 1 is 1.05 bits per heavy atom. The second-order valence-electron chi connectivity index (χ2n) is 4.59. The molecule has 0 atom stereocenters. The van der Waals surface area contributed by atoms with Crippen LogP contribution >= 0.6 is 0 Å². The highest BCUT2D eigenvalue weighted by molar-refractivity contribution is 6.09. The first-order chi connectivity index (χ1) is 10.1. The van der Waals surface area contributed by atoms with Crippen molar-refractivity contribution in [3.05, 3.63) is 60.2 Å². The maximum atomic E-state index is 12.0. The van der Waals surface area contributed by atoms with Crippen molar-refractivity contribution in [2.45, 2.75) is 6.92 Å². The minimum absolute atomic E-state index is 0.0974. The number of hydrogen-bond donors (Lipinski definition) is 0. The molecule has 108 valence electrons. The molecule has 2 aromatic carbocycles. The summed E-state index contributed by atoms with van der Waals surface area (Å²) in [6, 6.07) is 11.3. The van der Waals surface area contributed by atoms with Crippen LogP contribution in [0.5, 0.6) is 11.5 Å². The third-order valence-corrected chi connectivity index (χ3v) is 3.46. The van der Waals surface area contributed by atoms with Gasteiger partial charge in [-0.25, -0.2) is 0 Å². The molecule has 0 aliphatic rings. The monoisotopic (exact) mass is 282 g/mol. The molecule has 0 aliphatic carbocycles. The van der Waals surface area contributed by atoms with Crippen molar-refractivity contribution in [1.29, 1.82) is 0 Å². The number of hydrogen-bond acceptors (Lipinski definition) is 3. The van der Waals surface area contributed by atoms with E-state index in [1.807, 2.05) is 37.3 Å². The quantitative estimate of drug-likeness (QED) is 0.613. The number of rotatable bonds is 5. The summed E-state index contributed by atoms with van der Waals surface area (Å²) in [4.78, 5) is 12.0. The fourth-order valence-electron chi connectivity index (χ4n) is 2.42. The topological polar surface area (TPSA) is 35.5 Å². The first-order valence-electron chi connectivity index (χ1n) is 6.61. The number of carbonyl (C=O) groups excluding carboxylic acids is 1. The summed E-state index contributed by atoms with van der Waals surface area (Å²) in [5.41, 5.74) is 3.36. The summed E-state index contributed by atoms with van der Waals surface area (Å²) in [5.74, 6) is 1.25. The molecule has 21 heavy (non-hydrogen) atoms. The average molecular weight is 282 g/mol. The van der Waals surface area contributed by atoms with Crippen LogP contribution in [0.3, 0.4) is 0 Å². The lowest BCUT2D eigenvalue weighted by molar-refractivity contribution is 0.104. The van der Waals surface area contributed by atoms with Gasteiger partial charge in [-0.1, -0.05) is 36.9 Å². The normalized spacial score (nSPS) is 10.0. The van der Waals surface area contributed by atoms with Crippen LogP contribution in [0, 0.1) is 6.92 Å². The predicted molar refractivity (Wildman–Crippen MR) is 84.2 cm³/mol. The van der Waals surface area contributed by atoms with Crippen LogP contribution in [0.2, 0.25) is 0 Å². The van der Waals surface area contributed by atoms with Crippen molar-refractivity contribution in [2.24, 2.45) is 0 Å². The molecule has 0 radical (unpaired) electrons. The molecular weight excluding hydrogens is 264 g/mol. The lowest BCUT2D eigenvalue weighted by Gasteiger charge is -2.16. The van der Waals surface area contributed by atoms with Gasteiger partial charge in [-0.3, -0.25) is 4.79 Å². The minimum Gasteiger partial charge on any atom is -0.493 e. The van der Waals surface area contributed by atoms with E-state index in [0.29, 0.717) is 17.1 Å². The molecule has 3 heteroatoms. The number of benzene rings is 2. The van der Waals surface area contributed by atoms with Crippen LogP contribution < -0.4 is 9.47 Å². The molecule has 0 heterocycles. The summed E-state index contributed by atoms with van der Waals surface area (Å²) < 4.78 is 10.7. The van der Waals surface area contributed by atoms with Gasteiger partial charge >= 0.3 is 0 Å². The molecule has 0 saturated heterocycles. The smallest absolute Gasteiger partial charge is 0.185 e. The predicted octanol–water partition coefficient (Wildman–Crippen LogP) is 4.05. The summed E-state index contributed by atoms with van der Waals surface area (Å²) in [5, 5.41) is 0. The molecule has 0 amide bonds. The molecule has 0 fully saturated rings. The molecule has 0 bridgehead atoms. The van der Waals surface area contributed by atoms with E-state index in [-0.39, 0.29) is 5.78 Å². The number of ether oxygens (including phenoxy) is 2. The summed E-state index contributed by atoms with van der Waals surface area (Å²) in [7, 11) is 3.21. The zero-order valence-corrected chi connectivity index (χ0v) is 12.5. The Kier molecular flexibility index (Phi) is 4.43. The highest BCUT2D eigenvalue weighted by Crippen LogP contribution is 2.38. The molecule has 2 aromatic rings. The first-order valence-corrected chi connectivity index (χ1v) is 6.61. The molecule has 0 N–H and O–H groups in total. The van der Waals surface area contributed by atoms with E-state index >= 15 is 0 Å². The minimum atomic E-state index is -0.0974. The summed E-state index contributed by atoms with van der Waals surface area (Å²) in [6.07, 6.45) is 1.33. The van der Waals surface area contributed by atoms with Gasteiger partial charge in [-0.2, -0.15) is 0 Å². The van der Waals surface area contributed by atoms with Crippen molar-refractivity contribution >= 4 is 5.78 Å². The zero-order chi connectivity index (χ0) is 15.4. The SMILES string of the molecule is C=CC(=O)c1ccccc1-c1ccc(OC)c(OC)c1C. The van der Waals surface area contributed by atoms with Crippen molar-refractivity contribution in [2.75, 3.05) is 14.2 Å².